The van der Waals surface area contributed by atoms with E-state index in [0.717, 1.165) is 19.3 Å². The topological polar surface area (TPSA) is 203 Å². The SMILES string of the molecule is CCCCCCCCCCCCCCCC(=O)N[C@H](C(=O)NCC(=O)N[C@H](C(=O)N[C@H](C)C(=O)N1CCC[C@H]1C(=O)NCC(=O)O)C(C)C)C(C)C. The molecule has 1 saturated heterocycles. The van der Waals surface area contributed by atoms with E-state index in [9.17, 15) is 33.6 Å². The average Bonchev–Trinajstić information content (AvgIpc) is 3.59. The lowest BCUT2D eigenvalue weighted by atomic mass is 10.0. The molecule has 1 heterocycles. The maximum atomic E-state index is 13.2. The minimum absolute atomic E-state index is 0.206. The van der Waals surface area contributed by atoms with Gasteiger partial charge in [0.15, 0.2) is 0 Å². The molecule has 0 aliphatic carbocycles. The molecule has 52 heavy (non-hydrogen) atoms. The minimum Gasteiger partial charge on any atom is -0.480 e. The van der Waals surface area contributed by atoms with Crippen LogP contribution >= 0.6 is 0 Å². The molecule has 6 amide bonds. The van der Waals surface area contributed by atoms with Gasteiger partial charge in [-0.25, -0.2) is 0 Å². The first-order valence-corrected chi connectivity index (χ1v) is 19.7. The van der Waals surface area contributed by atoms with Crippen LogP contribution in [0, 0.1) is 11.8 Å². The number of carboxylic acid groups (broad SMARTS) is 1. The molecule has 0 bridgehead atoms. The molecule has 6 N–H and O–H groups in total. The summed E-state index contributed by atoms with van der Waals surface area (Å²) in [5, 5.41) is 21.7. The Hall–Kier alpha value is -3.71. The van der Waals surface area contributed by atoms with Crippen molar-refractivity contribution in [3.63, 3.8) is 0 Å². The van der Waals surface area contributed by atoms with Gasteiger partial charge < -0.3 is 36.6 Å². The summed E-state index contributed by atoms with van der Waals surface area (Å²) < 4.78 is 0. The van der Waals surface area contributed by atoms with Crippen molar-refractivity contribution in [2.45, 2.75) is 168 Å². The average molecular weight is 737 g/mol. The molecule has 0 aromatic carbocycles. The molecular weight excluding hydrogens is 668 g/mol. The van der Waals surface area contributed by atoms with Crippen molar-refractivity contribution in [2.24, 2.45) is 11.8 Å². The first kappa shape index (κ1) is 46.3. The Labute approximate surface area is 311 Å². The summed E-state index contributed by atoms with van der Waals surface area (Å²) in [4.78, 5) is 89.3. The van der Waals surface area contributed by atoms with Gasteiger partial charge in [0, 0.05) is 13.0 Å². The zero-order valence-electron chi connectivity index (χ0n) is 32.7. The van der Waals surface area contributed by atoms with Crippen LogP contribution in [0.2, 0.25) is 0 Å². The second kappa shape index (κ2) is 26.1. The van der Waals surface area contributed by atoms with E-state index in [2.05, 4.69) is 33.5 Å². The largest absolute Gasteiger partial charge is 0.480 e. The first-order valence-electron chi connectivity index (χ1n) is 19.7. The predicted molar refractivity (Wildman–Crippen MR) is 200 cm³/mol. The van der Waals surface area contributed by atoms with Crippen LogP contribution in [0.5, 0.6) is 0 Å². The van der Waals surface area contributed by atoms with E-state index in [1.807, 2.05) is 13.8 Å². The fourth-order valence-electron chi connectivity index (χ4n) is 6.32. The van der Waals surface area contributed by atoms with Crippen LogP contribution in [0.1, 0.15) is 144 Å². The molecule has 1 rings (SSSR count). The molecular formula is C38H68N6O8. The van der Waals surface area contributed by atoms with Crippen molar-refractivity contribution in [3.05, 3.63) is 0 Å². The second-order valence-corrected chi connectivity index (χ2v) is 14.8. The van der Waals surface area contributed by atoms with Crippen LogP contribution in [0.15, 0.2) is 0 Å². The summed E-state index contributed by atoms with van der Waals surface area (Å²) in [5.74, 6) is -4.79. The highest BCUT2D eigenvalue weighted by Gasteiger charge is 2.37. The van der Waals surface area contributed by atoms with E-state index in [1.165, 1.54) is 76.0 Å². The maximum Gasteiger partial charge on any atom is 0.322 e. The molecule has 4 atom stereocenters. The summed E-state index contributed by atoms with van der Waals surface area (Å²) in [5.41, 5.74) is 0. The number of aliphatic carboxylic acids is 1. The lowest BCUT2D eigenvalue weighted by Crippen LogP contribution is -2.58. The van der Waals surface area contributed by atoms with E-state index in [0.29, 0.717) is 19.3 Å². The maximum absolute atomic E-state index is 13.2. The number of nitrogens with zero attached hydrogens (tertiary/aromatic N) is 1. The van der Waals surface area contributed by atoms with Crippen molar-refractivity contribution in [1.82, 2.24) is 31.5 Å². The van der Waals surface area contributed by atoms with Crippen molar-refractivity contribution >= 4 is 41.4 Å². The Morgan fingerprint density at radius 1 is 0.635 bits per heavy atom. The minimum atomic E-state index is -1.20. The Kier molecular flexibility index (Phi) is 23.3. The number of hydrogen-bond donors (Lipinski definition) is 6. The Balaban J connectivity index is 2.47. The summed E-state index contributed by atoms with van der Waals surface area (Å²) in [6.07, 6.45) is 17.0. The Morgan fingerprint density at radius 2 is 1.13 bits per heavy atom. The second-order valence-electron chi connectivity index (χ2n) is 14.8. The molecule has 298 valence electrons. The van der Waals surface area contributed by atoms with Gasteiger partial charge in [0.25, 0.3) is 0 Å². The van der Waals surface area contributed by atoms with Crippen molar-refractivity contribution in [2.75, 3.05) is 19.6 Å². The Bertz CT molecular complexity index is 1150. The van der Waals surface area contributed by atoms with Gasteiger partial charge in [-0.2, -0.15) is 0 Å². The lowest BCUT2D eigenvalue weighted by Gasteiger charge is -2.29. The van der Waals surface area contributed by atoms with Crippen LogP contribution in [0.25, 0.3) is 0 Å². The quantitative estimate of drug-likeness (QED) is 0.0687. The first-order chi connectivity index (χ1) is 24.7. The van der Waals surface area contributed by atoms with Crippen LogP contribution in [-0.4, -0.2) is 95.2 Å². The smallest absolute Gasteiger partial charge is 0.322 e. The summed E-state index contributed by atoms with van der Waals surface area (Å²) in [6, 6.07) is -3.70. The van der Waals surface area contributed by atoms with Crippen LogP contribution < -0.4 is 26.6 Å². The summed E-state index contributed by atoms with van der Waals surface area (Å²) >= 11 is 0. The van der Waals surface area contributed by atoms with Gasteiger partial charge in [-0.1, -0.05) is 112 Å². The van der Waals surface area contributed by atoms with Gasteiger partial charge >= 0.3 is 5.97 Å². The highest BCUT2D eigenvalue weighted by Crippen LogP contribution is 2.19. The van der Waals surface area contributed by atoms with Gasteiger partial charge in [-0.15, -0.1) is 0 Å². The number of carboxylic acids is 1. The van der Waals surface area contributed by atoms with E-state index in [-0.39, 0.29) is 24.3 Å². The van der Waals surface area contributed by atoms with E-state index in [1.54, 1.807) is 13.8 Å². The number of rotatable bonds is 27. The van der Waals surface area contributed by atoms with E-state index >= 15 is 0 Å². The van der Waals surface area contributed by atoms with Crippen LogP contribution in [-0.2, 0) is 33.6 Å². The monoisotopic (exact) mass is 737 g/mol. The fourth-order valence-corrected chi connectivity index (χ4v) is 6.32. The van der Waals surface area contributed by atoms with E-state index < -0.39 is 72.8 Å². The van der Waals surface area contributed by atoms with Crippen LogP contribution in [0.3, 0.4) is 0 Å². The number of unbranched alkanes of at least 4 members (excludes halogenated alkanes) is 12. The summed E-state index contributed by atoms with van der Waals surface area (Å²) in [7, 11) is 0. The van der Waals surface area contributed by atoms with Crippen molar-refractivity contribution in [3.8, 4) is 0 Å². The Morgan fingerprint density at radius 3 is 1.65 bits per heavy atom. The van der Waals surface area contributed by atoms with Crippen LogP contribution in [0.4, 0.5) is 0 Å². The molecule has 0 spiro atoms. The highest BCUT2D eigenvalue weighted by molar-refractivity contribution is 5.96. The number of nitrogens with one attached hydrogen (secondary N) is 5. The van der Waals surface area contributed by atoms with Crippen molar-refractivity contribution < 1.29 is 38.7 Å². The fraction of sp³-hybridized carbons (Fsp3) is 0.816. The van der Waals surface area contributed by atoms with Gasteiger partial charge in [0.1, 0.15) is 30.7 Å². The van der Waals surface area contributed by atoms with Crippen molar-refractivity contribution in [1.29, 1.82) is 0 Å². The predicted octanol–water partition coefficient (Wildman–Crippen LogP) is 3.56. The molecule has 14 nitrogen and oxygen atoms in total. The molecule has 0 saturated carbocycles. The standard InChI is InChI=1S/C38H68N6O8/c1-7-8-9-10-11-12-13-14-15-16-17-18-19-22-30(45)42-33(26(2)3)36(50)39-24-31(46)43-34(27(4)5)37(51)41-28(6)38(52)44-23-20-21-29(44)35(49)40-25-32(47)48/h26-29,33-34H,7-25H2,1-6H3,(H,39,50)(H,40,49)(H,41,51)(H,42,45)(H,43,46)(H,47,48)/t28-,29+,33+,34+/m1/s1. The molecule has 0 radical (unpaired) electrons. The highest BCUT2D eigenvalue weighted by atomic mass is 16.4. The molecule has 1 aliphatic rings. The molecule has 1 aliphatic heterocycles. The normalized spacial score (nSPS) is 15.8. The molecule has 14 heteroatoms. The zero-order chi connectivity index (χ0) is 39.1. The number of carbonyl (C=O) groups excluding carboxylic acids is 6. The molecule has 1 fully saturated rings. The molecule has 0 unspecified atom stereocenters. The zero-order valence-corrected chi connectivity index (χ0v) is 32.7. The van der Waals surface area contributed by atoms with Gasteiger partial charge in [-0.3, -0.25) is 33.6 Å². The number of hydrogen-bond acceptors (Lipinski definition) is 7. The third-order valence-electron chi connectivity index (χ3n) is 9.44. The third kappa shape index (κ3) is 18.7. The number of amides is 6. The number of carbonyl (C=O) groups is 7. The van der Waals surface area contributed by atoms with Gasteiger partial charge in [0.2, 0.25) is 35.4 Å². The van der Waals surface area contributed by atoms with E-state index in [4.69, 9.17) is 5.11 Å². The molecule has 0 aromatic rings. The third-order valence-corrected chi connectivity index (χ3v) is 9.44. The summed E-state index contributed by atoms with van der Waals surface area (Å²) in [6.45, 7) is 10.1. The van der Waals surface area contributed by atoms with Gasteiger partial charge in [-0.05, 0) is 38.0 Å². The molecule has 0 aromatic heterocycles. The van der Waals surface area contributed by atoms with Gasteiger partial charge in [0.05, 0.1) is 6.54 Å². The number of likely N-dealkylation sites (tertiary alicyclic amines) is 1. The lowest BCUT2D eigenvalue weighted by molar-refractivity contribution is -0.142.